The highest BCUT2D eigenvalue weighted by Gasteiger charge is 2.41. The minimum atomic E-state index is 0.676. The van der Waals surface area contributed by atoms with Crippen LogP contribution in [0, 0.1) is 31.1 Å². The number of benzene rings is 2. The molecule has 2 aromatic carbocycles. The van der Waals surface area contributed by atoms with Crippen molar-refractivity contribution in [3.8, 4) is 11.1 Å². The Balaban J connectivity index is 1.38. The van der Waals surface area contributed by atoms with Gasteiger partial charge in [-0.15, -0.1) is 0 Å². The van der Waals surface area contributed by atoms with Gasteiger partial charge in [-0.2, -0.15) is 0 Å². The lowest BCUT2D eigenvalue weighted by Gasteiger charge is -2.47. The molecule has 0 saturated heterocycles. The SMILES string of the molecule is CCCCCc1ccc(-c2ccc(C(C)C3CCC(C4(CCCCC)CCCCC4)CC3)c(C)c2)cc1C. The van der Waals surface area contributed by atoms with E-state index in [9.17, 15) is 0 Å². The predicted octanol–water partition coefficient (Wildman–Crippen LogP) is 12.1. The highest BCUT2D eigenvalue weighted by molar-refractivity contribution is 5.66. The molecule has 4 rings (SSSR count). The molecule has 0 aliphatic heterocycles. The monoisotopic (exact) mass is 514 g/mol. The number of unbranched alkanes of at least 4 members (excludes halogenated alkanes) is 4. The summed E-state index contributed by atoms with van der Waals surface area (Å²) in [6.45, 7) is 11.8. The normalized spacial score (nSPS) is 22.3. The second kappa shape index (κ2) is 14.2. The van der Waals surface area contributed by atoms with Crippen molar-refractivity contribution >= 4 is 0 Å². The Labute approximate surface area is 236 Å². The lowest BCUT2D eigenvalue weighted by molar-refractivity contribution is 0.0409. The molecule has 0 heterocycles. The van der Waals surface area contributed by atoms with Crippen molar-refractivity contribution in [3.05, 3.63) is 58.7 Å². The summed E-state index contributed by atoms with van der Waals surface area (Å²) in [4.78, 5) is 0. The fourth-order valence-corrected chi connectivity index (χ4v) is 8.42. The molecule has 2 saturated carbocycles. The summed E-state index contributed by atoms with van der Waals surface area (Å²) in [5.41, 5.74) is 9.53. The molecular formula is C38H58. The van der Waals surface area contributed by atoms with Crippen molar-refractivity contribution in [1.29, 1.82) is 0 Å². The standard InChI is InChI=1S/C38H58/c1-6-8-11-15-32-16-17-34(27-29(32)3)35-20-23-37(30(4)28-35)31(5)33-18-21-36(22-19-33)38(24-12-9-7-2)25-13-10-14-26-38/h16-17,20,23,27-28,31,33,36H,6-15,18-19,21-22,24-26H2,1-5H3. The molecule has 1 unspecified atom stereocenters. The maximum Gasteiger partial charge on any atom is -0.0159 e. The van der Waals surface area contributed by atoms with Crippen molar-refractivity contribution in [2.75, 3.05) is 0 Å². The lowest BCUT2D eigenvalue weighted by atomic mass is 9.58. The molecule has 0 amide bonds. The zero-order valence-electron chi connectivity index (χ0n) is 25.7. The average molecular weight is 515 g/mol. The molecular weight excluding hydrogens is 456 g/mol. The van der Waals surface area contributed by atoms with Gasteiger partial charge >= 0.3 is 0 Å². The first-order valence-corrected chi connectivity index (χ1v) is 16.7. The van der Waals surface area contributed by atoms with E-state index >= 15 is 0 Å². The number of hydrogen-bond acceptors (Lipinski definition) is 0. The molecule has 0 radical (unpaired) electrons. The molecule has 0 nitrogen and oxygen atoms in total. The van der Waals surface area contributed by atoms with Gasteiger partial charge in [0, 0.05) is 0 Å². The number of hydrogen-bond donors (Lipinski definition) is 0. The van der Waals surface area contributed by atoms with Crippen LogP contribution in [0.2, 0.25) is 0 Å². The van der Waals surface area contributed by atoms with Crippen LogP contribution in [0.4, 0.5) is 0 Å². The third kappa shape index (κ3) is 7.14. The van der Waals surface area contributed by atoms with Crippen LogP contribution in [-0.2, 0) is 6.42 Å². The fraction of sp³-hybridized carbons (Fsp3) is 0.684. The zero-order valence-corrected chi connectivity index (χ0v) is 25.7. The van der Waals surface area contributed by atoms with Crippen molar-refractivity contribution in [1.82, 2.24) is 0 Å². The van der Waals surface area contributed by atoms with E-state index in [4.69, 9.17) is 0 Å². The van der Waals surface area contributed by atoms with Gasteiger partial charge < -0.3 is 0 Å². The predicted molar refractivity (Wildman–Crippen MR) is 168 cm³/mol. The summed E-state index contributed by atoms with van der Waals surface area (Å²) in [5.74, 6) is 2.53. The number of rotatable bonds is 12. The quantitative estimate of drug-likeness (QED) is 0.247. The van der Waals surface area contributed by atoms with Crippen LogP contribution in [0.25, 0.3) is 11.1 Å². The van der Waals surface area contributed by atoms with Crippen molar-refractivity contribution in [3.63, 3.8) is 0 Å². The third-order valence-corrected chi connectivity index (χ3v) is 11.0. The van der Waals surface area contributed by atoms with E-state index in [-0.39, 0.29) is 0 Å². The topological polar surface area (TPSA) is 0 Å². The maximum absolute atomic E-state index is 2.53. The van der Waals surface area contributed by atoms with E-state index in [1.54, 1.807) is 5.56 Å². The van der Waals surface area contributed by atoms with Gasteiger partial charge in [-0.25, -0.2) is 0 Å². The molecule has 0 N–H and O–H groups in total. The smallest absolute Gasteiger partial charge is 0.0159 e. The summed E-state index contributed by atoms with van der Waals surface area (Å²) in [6.07, 6.45) is 24.4. The summed E-state index contributed by atoms with van der Waals surface area (Å²) in [6, 6.07) is 14.5. The molecule has 0 heteroatoms. The molecule has 38 heavy (non-hydrogen) atoms. The Morgan fingerprint density at radius 2 is 1.37 bits per heavy atom. The largest absolute Gasteiger partial charge is 0.0654 e. The van der Waals surface area contributed by atoms with Gasteiger partial charge in [-0.3, -0.25) is 0 Å². The molecule has 0 aromatic heterocycles. The molecule has 2 aliphatic rings. The molecule has 210 valence electrons. The van der Waals surface area contributed by atoms with Crippen LogP contribution < -0.4 is 0 Å². The maximum atomic E-state index is 2.53. The highest BCUT2D eigenvalue weighted by Crippen LogP contribution is 2.53. The van der Waals surface area contributed by atoms with Crippen LogP contribution in [0.3, 0.4) is 0 Å². The van der Waals surface area contributed by atoms with Gasteiger partial charge in [0.25, 0.3) is 0 Å². The first-order valence-electron chi connectivity index (χ1n) is 16.7. The fourth-order valence-electron chi connectivity index (χ4n) is 8.42. The Morgan fingerprint density at radius 3 is 2.00 bits per heavy atom. The van der Waals surface area contributed by atoms with Crippen LogP contribution in [0.1, 0.15) is 152 Å². The van der Waals surface area contributed by atoms with Crippen molar-refractivity contribution < 1.29 is 0 Å². The highest BCUT2D eigenvalue weighted by atomic mass is 14.5. The molecule has 1 atom stereocenters. The van der Waals surface area contributed by atoms with Gasteiger partial charge in [-0.1, -0.05) is 109 Å². The van der Waals surface area contributed by atoms with Gasteiger partial charge in [-0.05, 0) is 128 Å². The first-order chi connectivity index (χ1) is 18.5. The summed E-state index contributed by atoms with van der Waals surface area (Å²) < 4.78 is 0. The van der Waals surface area contributed by atoms with E-state index in [1.165, 1.54) is 137 Å². The number of aryl methyl sites for hydroxylation is 3. The van der Waals surface area contributed by atoms with Crippen molar-refractivity contribution in [2.24, 2.45) is 17.3 Å². The molecule has 2 aromatic rings. The van der Waals surface area contributed by atoms with E-state index in [2.05, 4.69) is 71.0 Å². The van der Waals surface area contributed by atoms with Gasteiger partial charge in [0.2, 0.25) is 0 Å². The summed E-state index contributed by atoms with van der Waals surface area (Å²) in [7, 11) is 0. The first kappa shape index (κ1) is 29.4. The summed E-state index contributed by atoms with van der Waals surface area (Å²) in [5, 5.41) is 0. The molecule has 0 spiro atoms. The Kier molecular flexibility index (Phi) is 11.0. The third-order valence-electron chi connectivity index (χ3n) is 11.0. The average Bonchev–Trinajstić information content (AvgIpc) is 2.94. The Hall–Kier alpha value is -1.56. The molecule has 2 fully saturated rings. The van der Waals surface area contributed by atoms with E-state index in [0.717, 1.165) is 11.8 Å². The Bertz CT molecular complexity index is 983. The molecule has 0 bridgehead atoms. The van der Waals surface area contributed by atoms with Crippen LogP contribution in [0.15, 0.2) is 36.4 Å². The van der Waals surface area contributed by atoms with E-state index in [1.807, 2.05) is 0 Å². The minimum absolute atomic E-state index is 0.676. The van der Waals surface area contributed by atoms with E-state index in [0.29, 0.717) is 11.3 Å². The summed E-state index contributed by atoms with van der Waals surface area (Å²) >= 11 is 0. The second-order valence-electron chi connectivity index (χ2n) is 13.5. The van der Waals surface area contributed by atoms with Gasteiger partial charge in [0.15, 0.2) is 0 Å². The van der Waals surface area contributed by atoms with Crippen LogP contribution in [-0.4, -0.2) is 0 Å². The van der Waals surface area contributed by atoms with Gasteiger partial charge in [0.1, 0.15) is 0 Å². The van der Waals surface area contributed by atoms with E-state index < -0.39 is 0 Å². The van der Waals surface area contributed by atoms with Gasteiger partial charge in [0.05, 0.1) is 0 Å². The van der Waals surface area contributed by atoms with Crippen LogP contribution >= 0.6 is 0 Å². The zero-order chi connectivity index (χ0) is 27.0. The van der Waals surface area contributed by atoms with Crippen molar-refractivity contribution in [2.45, 2.75) is 150 Å². The minimum Gasteiger partial charge on any atom is -0.0654 e. The molecule has 2 aliphatic carbocycles. The lowest BCUT2D eigenvalue weighted by Crippen LogP contribution is -2.36. The van der Waals surface area contributed by atoms with Crippen LogP contribution in [0.5, 0.6) is 0 Å². The Morgan fingerprint density at radius 1 is 0.737 bits per heavy atom. The second-order valence-corrected chi connectivity index (χ2v) is 13.5.